The molecular weight excluding hydrogens is 366 g/mol. The van der Waals surface area contributed by atoms with Crippen LogP contribution in [-0.2, 0) is 19.7 Å². The zero-order chi connectivity index (χ0) is 20.0. The van der Waals surface area contributed by atoms with Crippen molar-refractivity contribution in [2.45, 2.75) is 39.2 Å². The Labute approximate surface area is 162 Å². The lowest BCUT2D eigenvalue weighted by molar-refractivity contribution is -0.154. The predicted octanol–water partition coefficient (Wildman–Crippen LogP) is 3.31. The normalized spacial score (nSPS) is 12.1. The number of benzene rings is 1. The molecule has 27 heavy (non-hydrogen) atoms. The molecule has 0 radical (unpaired) electrons. The van der Waals surface area contributed by atoms with E-state index in [1.165, 1.54) is 18.3 Å². The van der Waals surface area contributed by atoms with Crippen molar-refractivity contribution in [3.8, 4) is 5.75 Å². The fourth-order valence-electron chi connectivity index (χ4n) is 2.17. The fraction of sp³-hybridized carbons (Fsp3) is 0.350. The Bertz CT molecular complexity index is 791. The molecule has 0 spiro atoms. The molecule has 1 aromatic heterocycles. The van der Waals surface area contributed by atoms with E-state index in [0.717, 1.165) is 5.56 Å². The smallest absolute Gasteiger partial charge is 0.347 e. The van der Waals surface area contributed by atoms with Crippen molar-refractivity contribution in [3.63, 3.8) is 0 Å². The zero-order valence-corrected chi connectivity index (χ0v) is 16.6. The van der Waals surface area contributed by atoms with Crippen LogP contribution in [0.2, 0.25) is 0 Å². The van der Waals surface area contributed by atoms with Gasteiger partial charge in [-0.3, -0.25) is 14.9 Å². The highest BCUT2D eigenvalue weighted by Gasteiger charge is 2.20. The lowest BCUT2D eigenvalue weighted by atomic mass is 9.87. The Morgan fingerprint density at radius 1 is 1.11 bits per heavy atom. The Balaban J connectivity index is 1.79. The second-order valence-corrected chi connectivity index (χ2v) is 7.94. The molecule has 2 amide bonds. The highest BCUT2D eigenvalue weighted by molar-refractivity contribution is 7.12. The van der Waals surface area contributed by atoms with Crippen LogP contribution in [0.25, 0.3) is 0 Å². The molecule has 6 nitrogen and oxygen atoms in total. The maximum Gasteiger partial charge on any atom is 0.347 e. The Kier molecular flexibility index (Phi) is 6.74. The topological polar surface area (TPSA) is 81.7 Å². The summed E-state index contributed by atoms with van der Waals surface area (Å²) in [6.07, 6.45) is -0.883. The van der Waals surface area contributed by atoms with Gasteiger partial charge in [-0.05, 0) is 41.5 Å². The van der Waals surface area contributed by atoms with E-state index in [0.29, 0.717) is 10.6 Å². The van der Waals surface area contributed by atoms with E-state index in [-0.39, 0.29) is 5.41 Å². The van der Waals surface area contributed by atoms with Crippen LogP contribution in [0.4, 0.5) is 0 Å². The number of carbonyl (C=O) groups is 3. The van der Waals surface area contributed by atoms with Crippen molar-refractivity contribution >= 4 is 29.1 Å². The molecular formula is C20H23NO5S. The number of hydrogen-bond acceptors (Lipinski definition) is 6. The van der Waals surface area contributed by atoms with E-state index in [1.807, 2.05) is 12.1 Å². The standard InChI is InChI=1S/C20H23NO5S/c1-13(26-15-9-7-14(8-10-15)20(2,3)4)19(24)25-12-17(22)21-18(23)16-6-5-11-27-16/h5-11,13H,12H2,1-4H3,(H,21,22,23)/t13-/m0/s1. The number of imide groups is 1. The second kappa shape index (κ2) is 8.81. The highest BCUT2D eigenvalue weighted by atomic mass is 32.1. The van der Waals surface area contributed by atoms with Crippen LogP contribution in [0.15, 0.2) is 41.8 Å². The van der Waals surface area contributed by atoms with Crippen molar-refractivity contribution < 1.29 is 23.9 Å². The van der Waals surface area contributed by atoms with Gasteiger partial charge in [-0.2, -0.15) is 0 Å². The number of thiophene rings is 1. The summed E-state index contributed by atoms with van der Waals surface area (Å²) in [5, 5.41) is 3.89. The van der Waals surface area contributed by atoms with Crippen molar-refractivity contribution in [2.75, 3.05) is 6.61 Å². The summed E-state index contributed by atoms with van der Waals surface area (Å²) in [5.41, 5.74) is 1.17. The molecule has 0 aliphatic carbocycles. The molecule has 0 unspecified atom stereocenters. The number of nitrogens with one attached hydrogen (secondary N) is 1. The number of hydrogen-bond donors (Lipinski definition) is 1. The quantitative estimate of drug-likeness (QED) is 0.767. The van der Waals surface area contributed by atoms with Gasteiger partial charge in [-0.25, -0.2) is 4.79 Å². The Hall–Kier alpha value is -2.67. The van der Waals surface area contributed by atoms with E-state index in [1.54, 1.807) is 29.6 Å². The minimum absolute atomic E-state index is 0.0248. The van der Waals surface area contributed by atoms with E-state index in [2.05, 4.69) is 26.1 Å². The minimum atomic E-state index is -0.883. The second-order valence-electron chi connectivity index (χ2n) is 7.00. The van der Waals surface area contributed by atoms with Crippen LogP contribution in [0.5, 0.6) is 5.75 Å². The fourth-order valence-corrected chi connectivity index (χ4v) is 2.79. The van der Waals surface area contributed by atoms with Crippen molar-refractivity contribution in [1.82, 2.24) is 5.32 Å². The maximum absolute atomic E-state index is 12.0. The third-order valence-electron chi connectivity index (χ3n) is 3.71. The first-order valence-corrected chi connectivity index (χ1v) is 9.36. The summed E-state index contributed by atoms with van der Waals surface area (Å²) < 4.78 is 10.5. The summed E-state index contributed by atoms with van der Waals surface area (Å²) in [6, 6.07) is 10.8. The maximum atomic E-state index is 12.0. The van der Waals surface area contributed by atoms with Gasteiger partial charge in [0, 0.05) is 0 Å². The first kappa shape index (κ1) is 20.6. The molecule has 1 N–H and O–H groups in total. The minimum Gasteiger partial charge on any atom is -0.479 e. The van der Waals surface area contributed by atoms with Gasteiger partial charge in [0.1, 0.15) is 5.75 Å². The molecule has 1 heterocycles. The molecule has 0 saturated heterocycles. The summed E-state index contributed by atoms with van der Waals surface area (Å²) in [5.74, 6) is -1.36. The van der Waals surface area contributed by atoms with E-state index >= 15 is 0 Å². The first-order valence-electron chi connectivity index (χ1n) is 8.48. The molecule has 1 aromatic carbocycles. The van der Waals surface area contributed by atoms with Gasteiger partial charge in [0.25, 0.3) is 11.8 Å². The number of carbonyl (C=O) groups excluding carboxylic acids is 3. The van der Waals surface area contributed by atoms with Crippen LogP contribution in [-0.4, -0.2) is 30.5 Å². The summed E-state index contributed by atoms with van der Waals surface area (Å²) >= 11 is 1.21. The third-order valence-corrected chi connectivity index (χ3v) is 4.58. The van der Waals surface area contributed by atoms with Gasteiger partial charge in [0.15, 0.2) is 12.7 Å². The van der Waals surface area contributed by atoms with Crippen LogP contribution >= 0.6 is 11.3 Å². The van der Waals surface area contributed by atoms with Crippen LogP contribution in [0, 0.1) is 0 Å². The third kappa shape index (κ3) is 6.21. The average molecular weight is 389 g/mol. The molecule has 1 atom stereocenters. The number of amides is 2. The predicted molar refractivity (Wildman–Crippen MR) is 103 cm³/mol. The molecule has 2 rings (SSSR count). The molecule has 7 heteroatoms. The first-order chi connectivity index (χ1) is 12.7. The highest BCUT2D eigenvalue weighted by Crippen LogP contribution is 2.24. The van der Waals surface area contributed by atoms with Gasteiger partial charge in [0.2, 0.25) is 0 Å². The van der Waals surface area contributed by atoms with E-state index in [4.69, 9.17) is 9.47 Å². The SMILES string of the molecule is C[C@H](Oc1ccc(C(C)(C)C)cc1)C(=O)OCC(=O)NC(=O)c1cccs1. The summed E-state index contributed by atoms with van der Waals surface area (Å²) in [7, 11) is 0. The molecule has 0 saturated carbocycles. The van der Waals surface area contributed by atoms with Crippen LogP contribution < -0.4 is 10.1 Å². The summed E-state index contributed by atoms with van der Waals surface area (Å²) in [6.45, 7) is 7.31. The van der Waals surface area contributed by atoms with Gasteiger partial charge in [-0.1, -0.05) is 39.0 Å². The number of ether oxygens (including phenoxy) is 2. The van der Waals surface area contributed by atoms with Crippen molar-refractivity contribution in [1.29, 1.82) is 0 Å². The van der Waals surface area contributed by atoms with Gasteiger partial charge in [-0.15, -0.1) is 11.3 Å². The molecule has 0 bridgehead atoms. The Morgan fingerprint density at radius 2 is 1.78 bits per heavy atom. The zero-order valence-electron chi connectivity index (χ0n) is 15.8. The molecule has 0 fully saturated rings. The largest absolute Gasteiger partial charge is 0.479 e. The van der Waals surface area contributed by atoms with E-state index < -0.39 is 30.5 Å². The average Bonchev–Trinajstić information content (AvgIpc) is 3.14. The molecule has 0 aliphatic heterocycles. The van der Waals surface area contributed by atoms with Crippen molar-refractivity contribution in [2.24, 2.45) is 0 Å². The van der Waals surface area contributed by atoms with Gasteiger partial charge in [0.05, 0.1) is 4.88 Å². The van der Waals surface area contributed by atoms with Gasteiger partial charge >= 0.3 is 5.97 Å². The number of rotatable bonds is 6. The lowest BCUT2D eigenvalue weighted by Crippen LogP contribution is -2.35. The van der Waals surface area contributed by atoms with Gasteiger partial charge < -0.3 is 9.47 Å². The van der Waals surface area contributed by atoms with Crippen LogP contribution in [0.3, 0.4) is 0 Å². The molecule has 2 aromatic rings. The summed E-state index contributed by atoms with van der Waals surface area (Å²) in [4.78, 5) is 35.9. The van der Waals surface area contributed by atoms with E-state index in [9.17, 15) is 14.4 Å². The number of esters is 1. The molecule has 0 aliphatic rings. The molecule has 144 valence electrons. The van der Waals surface area contributed by atoms with Crippen molar-refractivity contribution in [3.05, 3.63) is 52.2 Å². The Morgan fingerprint density at radius 3 is 2.33 bits per heavy atom. The monoisotopic (exact) mass is 389 g/mol. The lowest BCUT2D eigenvalue weighted by Gasteiger charge is -2.20. The van der Waals surface area contributed by atoms with Crippen LogP contribution in [0.1, 0.15) is 42.9 Å².